The van der Waals surface area contributed by atoms with Crippen LogP contribution < -0.4 is 5.73 Å². The molecular formula is C13H17N3O2S. The highest BCUT2D eigenvalue weighted by molar-refractivity contribution is 7.84. The van der Waals surface area contributed by atoms with Crippen molar-refractivity contribution in [2.75, 3.05) is 18.1 Å². The molecule has 1 fully saturated rings. The van der Waals surface area contributed by atoms with Gasteiger partial charge in [-0.15, -0.1) is 0 Å². The van der Waals surface area contributed by atoms with Crippen molar-refractivity contribution in [1.29, 1.82) is 0 Å². The Balaban J connectivity index is 1.77. The molecule has 1 aliphatic heterocycles. The zero-order valence-electron chi connectivity index (χ0n) is 10.6. The van der Waals surface area contributed by atoms with Crippen LogP contribution in [-0.2, 0) is 15.5 Å². The van der Waals surface area contributed by atoms with Gasteiger partial charge in [0, 0.05) is 12.3 Å². The van der Waals surface area contributed by atoms with E-state index < -0.39 is 10.8 Å². The van der Waals surface area contributed by atoms with Crippen molar-refractivity contribution in [3.05, 3.63) is 18.2 Å². The van der Waals surface area contributed by atoms with Crippen LogP contribution in [0.5, 0.6) is 0 Å². The molecule has 0 spiro atoms. The van der Waals surface area contributed by atoms with E-state index in [1.807, 2.05) is 6.07 Å². The van der Waals surface area contributed by atoms with Gasteiger partial charge in [-0.2, -0.15) is 0 Å². The van der Waals surface area contributed by atoms with E-state index in [2.05, 4.69) is 9.97 Å². The summed E-state index contributed by atoms with van der Waals surface area (Å²) in [5, 5.41) is 0.509. The van der Waals surface area contributed by atoms with Crippen LogP contribution in [0.4, 0.5) is 5.69 Å². The zero-order chi connectivity index (χ0) is 13.2. The molecule has 102 valence electrons. The Morgan fingerprint density at radius 2 is 2.37 bits per heavy atom. The first kappa shape index (κ1) is 12.6. The Kier molecular flexibility index (Phi) is 3.52. The van der Waals surface area contributed by atoms with Gasteiger partial charge in [-0.1, -0.05) is 0 Å². The second-order valence-electron chi connectivity index (χ2n) is 4.82. The second kappa shape index (κ2) is 5.30. The number of hydrogen-bond donors (Lipinski definition) is 2. The molecule has 1 saturated heterocycles. The van der Waals surface area contributed by atoms with Crippen LogP contribution >= 0.6 is 0 Å². The molecule has 1 aromatic heterocycles. The van der Waals surface area contributed by atoms with Gasteiger partial charge in [0.25, 0.3) is 0 Å². The summed E-state index contributed by atoms with van der Waals surface area (Å²) in [5.74, 6) is 0.509. The summed E-state index contributed by atoms with van der Waals surface area (Å²) < 4.78 is 17.9. The molecule has 19 heavy (non-hydrogen) atoms. The highest BCUT2D eigenvalue weighted by Gasteiger charge is 2.19. The fourth-order valence-electron chi connectivity index (χ4n) is 2.30. The average Bonchev–Trinajstić information content (AvgIpc) is 2.83. The number of fused-ring (bicyclic) bond motifs is 1. The summed E-state index contributed by atoms with van der Waals surface area (Å²) >= 11 is 0. The Bertz CT molecular complexity index is 605. The number of rotatable bonds is 3. The van der Waals surface area contributed by atoms with Crippen molar-refractivity contribution >= 4 is 27.5 Å². The largest absolute Gasteiger partial charge is 0.399 e. The third kappa shape index (κ3) is 2.79. The standard InChI is InChI=1S/C13H17N3O2S/c14-9-4-5-11-12(7-9)16-13(15-11)19(17)8-10-3-1-2-6-18-10/h4-5,7,10H,1-3,6,8,14H2,(H,15,16). The smallest absolute Gasteiger partial charge is 0.197 e. The van der Waals surface area contributed by atoms with Gasteiger partial charge in [-0.05, 0) is 37.5 Å². The molecule has 3 rings (SSSR count). The van der Waals surface area contributed by atoms with Crippen LogP contribution in [0, 0.1) is 0 Å². The molecule has 5 nitrogen and oxygen atoms in total. The molecule has 2 aromatic rings. The first-order chi connectivity index (χ1) is 9.22. The lowest BCUT2D eigenvalue weighted by atomic mass is 10.1. The maximum absolute atomic E-state index is 12.3. The van der Waals surface area contributed by atoms with Gasteiger partial charge in [0.1, 0.15) is 0 Å². The molecule has 0 saturated carbocycles. The molecule has 6 heteroatoms. The lowest BCUT2D eigenvalue weighted by molar-refractivity contribution is 0.0310. The van der Waals surface area contributed by atoms with Gasteiger partial charge >= 0.3 is 0 Å². The number of aromatic nitrogens is 2. The van der Waals surface area contributed by atoms with Crippen LogP contribution in [0.25, 0.3) is 11.0 Å². The molecule has 1 aliphatic rings. The number of ether oxygens (including phenoxy) is 1. The third-order valence-corrected chi connectivity index (χ3v) is 4.61. The fourth-order valence-corrected chi connectivity index (χ4v) is 3.48. The third-order valence-electron chi connectivity index (χ3n) is 3.31. The number of anilines is 1. The van der Waals surface area contributed by atoms with E-state index in [4.69, 9.17) is 10.5 Å². The maximum atomic E-state index is 12.3. The van der Waals surface area contributed by atoms with Crippen LogP contribution in [0.1, 0.15) is 19.3 Å². The number of benzene rings is 1. The van der Waals surface area contributed by atoms with Crippen LogP contribution in [-0.4, -0.2) is 32.6 Å². The minimum atomic E-state index is -1.15. The molecule has 2 unspecified atom stereocenters. The minimum Gasteiger partial charge on any atom is -0.399 e. The van der Waals surface area contributed by atoms with Crippen molar-refractivity contribution in [2.24, 2.45) is 0 Å². The lowest BCUT2D eigenvalue weighted by Gasteiger charge is -2.21. The lowest BCUT2D eigenvalue weighted by Crippen LogP contribution is -2.25. The number of imidazole rings is 1. The van der Waals surface area contributed by atoms with E-state index >= 15 is 0 Å². The Morgan fingerprint density at radius 1 is 1.47 bits per heavy atom. The van der Waals surface area contributed by atoms with E-state index in [0.717, 1.165) is 36.9 Å². The normalized spacial score (nSPS) is 21.6. The van der Waals surface area contributed by atoms with E-state index in [1.165, 1.54) is 0 Å². The van der Waals surface area contributed by atoms with E-state index in [-0.39, 0.29) is 6.10 Å². The van der Waals surface area contributed by atoms with Gasteiger partial charge in [0.2, 0.25) is 0 Å². The number of aromatic amines is 1. The topological polar surface area (TPSA) is 81.0 Å². The first-order valence-electron chi connectivity index (χ1n) is 6.47. The molecule has 0 radical (unpaired) electrons. The summed E-state index contributed by atoms with van der Waals surface area (Å²) in [7, 11) is -1.15. The predicted molar refractivity (Wildman–Crippen MR) is 75.4 cm³/mol. The molecule has 0 aliphatic carbocycles. The van der Waals surface area contributed by atoms with E-state index in [1.54, 1.807) is 12.1 Å². The SMILES string of the molecule is Nc1ccc2nc(S(=O)CC3CCCCO3)[nH]c2c1. The number of hydrogen-bond acceptors (Lipinski definition) is 4. The number of nitrogen functional groups attached to an aromatic ring is 1. The highest BCUT2D eigenvalue weighted by atomic mass is 32.2. The van der Waals surface area contributed by atoms with E-state index in [9.17, 15) is 4.21 Å². The quantitative estimate of drug-likeness (QED) is 0.840. The van der Waals surface area contributed by atoms with Gasteiger partial charge in [-0.25, -0.2) is 4.98 Å². The summed E-state index contributed by atoms with van der Waals surface area (Å²) in [4.78, 5) is 7.43. The second-order valence-corrected chi connectivity index (χ2v) is 6.23. The van der Waals surface area contributed by atoms with Crippen molar-refractivity contribution < 1.29 is 8.95 Å². The number of nitrogens with one attached hydrogen (secondary N) is 1. The van der Waals surface area contributed by atoms with Gasteiger partial charge in [-0.3, -0.25) is 4.21 Å². The van der Waals surface area contributed by atoms with Gasteiger partial charge in [0.15, 0.2) is 5.16 Å². The number of nitrogens with zero attached hydrogens (tertiary/aromatic N) is 1. The summed E-state index contributed by atoms with van der Waals surface area (Å²) in [6, 6.07) is 5.43. The minimum absolute atomic E-state index is 0.0906. The first-order valence-corrected chi connectivity index (χ1v) is 7.79. The molecule has 2 atom stereocenters. The van der Waals surface area contributed by atoms with Crippen LogP contribution in [0.2, 0.25) is 0 Å². The Morgan fingerprint density at radius 3 is 3.16 bits per heavy atom. The van der Waals surface area contributed by atoms with Crippen molar-refractivity contribution in [2.45, 2.75) is 30.5 Å². The highest BCUT2D eigenvalue weighted by Crippen LogP contribution is 2.19. The monoisotopic (exact) mass is 279 g/mol. The van der Waals surface area contributed by atoms with Gasteiger partial charge < -0.3 is 15.5 Å². The average molecular weight is 279 g/mol. The number of H-pyrrole nitrogens is 1. The maximum Gasteiger partial charge on any atom is 0.197 e. The van der Waals surface area contributed by atoms with Crippen molar-refractivity contribution in [1.82, 2.24) is 9.97 Å². The van der Waals surface area contributed by atoms with Crippen molar-refractivity contribution in [3.8, 4) is 0 Å². The predicted octanol–water partition coefficient (Wildman–Crippen LogP) is 1.82. The molecule has 1 aromatic carbocycles. The summed E-state index contributed by atoms with van der Waals surface area (Å²) in [6.07, 6.45) is 3.33. The zero-order valence-corrected chi connectivity index (χ0v) is 11.4. The van der Waals surface area contributed by atoms with E-state index in [0.29, 0.717) is 16.6 Å². The Labute approximate surface area is 114 Å². The van der Waals surface area contributed by atoms with Gasteiger partial charge in [0.05, 0.1) is 33.7 Å². The molecule has 0 amide bonds. The van der Waals surface area contributed by atoms with Crippen molar-refractivity contribution in [3.63, 3.8) is 0 Å². The summed E-state index contributed by atoms with van der Waals surface area (Å²) in [6.45, 7) is 0.776. The molecular weight excluding hydrogens is 262 g/mol. The van der Waals surface area contributed by atoms with Crippen LogP contribution in [0.15, 0.2) is 23.4 Å². The molecule has 3 N–H and O–H groups in total. The summed E-state index contributed by atoms with van der Waals surface area (Å²) in [5.41, 5.74) is 8.01. The molecule has 2 heterocycles. The Hall–Kier alpha value is -1.40. The molecule has 0 bridgehead atoms. The number of nitrogens with two attached hydrogens (primary N) is 1. The van der Waals surface area contributed by atoms with Crippen LogP contribution in [0.3, 0.4) is 0 Å². The fraction of sp³-hybridized carbons (Fsp3) is 0.462.